The van der Waals surface area contributed by atoms with Crippen LogP contribution in [-0.4, -0.2) is 90.3 Å². The summed E-state index contributed by atoms with van der Waals surface area (Å²) in [7, 11) is -5.59. The number of carbonyl (C=O) groups is 4. The van der Waals surface area contributed by atoms with E-state index in [4.69, 9.17) is 14.8 Å². The molecular formula is C40H52BBrFN3O9S. The fourth-order valence-corrected chi connectivity index (χ4v) is 9.06. The van der Waals surface area contributed by atoms with Gasteiger partial charge in [0.25, 0.3) is 0 Å². The van der Waals surface area contributed by atoms with Crippen molar-refractivity contribution in [3.8, 4) is 0 Å². The quantitative estimate of drug-likeness (QED) is 0.142. The molecule has 3 N–H and O–H groups in total. The van der Waals surface area contributed by atoms with Gasteiger partial charge in [-0.1, -0.05) is 54.9 Å². The number of sulfonamides is 1. The number of rotatable bonds is 14. The molecule has 12 nitrogen and oxygen atoms in total. The van der Waals surface area contributed by atoms with Gasteiger partial charge in [0.15, 0.2) is 5.78 Å². The van der Waals surface area contributed by atoms with Crippen LogP contribution in [0.15, 0.2) is 70.6 Å². The first-order valence-corrected chi connectivity index (χ1v) is 21.4. The maximum atomic E-state index is 14.4. The molecule has 56 heavy (non-hydrogen) atoms. The number of allylic oxidation sites excluding steroid dienone is 1. The second-order valence-corrected chi connectivity index (χ2v) is 19.4. The van der Waals surface area contributed by atoms with Gasteiger partial charge in [0.2, 0.25) is 21.8 Å². The third-order valence-electron chi connectivity index (χ3n) is 11.3. The topological polar surface area (TPSA) is 171 Å². The Morgan fingerprint density at radius 1 is 1.05 bits per heavy atom. The minimum Gasteiger partial charge on any atom is -0.462 e. The average molecular weight is 861 g/mol. The highest BCUT2D eigenvalue weighted by atomic mass is 79.9. The van der Waals surface area contributed by atoms with Crippen LogP contribution in [0.1, 0.15) is 78.6 Å². The second-order valence-electron chi connectivity index (χ2n) is 16.5. The maximum Gasteiger partial charge on any atom is 0.488 e. The fraction of sp³-hybridized carbons (Fsp3) is 0.550. The minimum atomic E-state index is -4.08. The number of halogens is 2. The first-order chi connectivity index (χ1) is 26.3. The highest BCUT2D eigenvalue weighted by Crippen LogP contribution is 2.57. The van der Waals surface area contributed by atoms with Crippen LogP contribution < -0.4 is 10.8 Å². The average Bonchev–Trinajstić information content (AvgIpc) is 3.98. The molecule has 2 aromatic carbocycles. The normalized spacial score (nSPS) is 23.1. The standard InChI is InChI=1S/C34H46BrN3O7S.C6H6BFO2/c1-5-23-17-34(23,32(42)36-19-22-10-11-22)18-29(39)28-20-37(46(43,44)26-14-12-24(35)13-15-26)21-38(28)31(41)27(33(2,3)4)16-30(40)45-25-8-6-7-9-25;8-6-3-1-5(2-4-6)7(9)10/h5,12-15,22-23,25,27-28H,1,6-11,16-21H2,2-4H3,(H,36,42);1-4,9-10H/t23-,27-,28+,34-;/m1./s1. The number of Topliss-reactive ketones (excluding diaryl/α,β-unsaturated/α-hetero) is 1. The van der Waals surface area contributed by atoms with Crippen LogP contribution in [0.4, 0.5) is 4.39 Å². The summed E-state index contributed by atoms with van der Waals surface area (Å²) in [6.07, 6.45) is 7.42. The van der Waals surface area contributed by atoms with Crippen LogP contribution >= 0.6 is 15.9 Å². The van der Waals surface area contributed by atoms with E-state index in [2.05, 4.69) is 27.8 Å². The Morgan fingerprint density at radius 3 is 2.21 bits per heavy atom. The number of hydrogen-bond donors (Lipinski definition) is 3. The summed E-state index contributed by atoms with van der Waals surface area (Å²) < 4.78 is 47.3. The summed E-state index contributed by atoms with van der Waals surface area (Å²) in [5.41, 5.74) is -1.36. The van der Waals surface area contributed by atoms with E-state index in [-0.39, 0.29) is 60.5 Å². The molecule has 0 bridgehead atoms. The fourth-order valence-electron chi connectivity index (χ4n) is 7.40. The van der Waals surface area contributed by atoms with E-state index in [9.17, 15) is 32.0 Å². The van der Waals surface area contributed by atoms with Crippen molar-refractivity contribution in [2.45, 2.75) is 95.6 Å². The van der Waals surface area contributed by atoms with Crippen LogP contribution in [0.3, 0.4) is 0 Å². The van der Waals surface area contributed by atoms with Crippen LogP contribution in [0.2, 0.25) is 0 Å². The first kappa shape index (κ1) is 43.7. The van der Waals surface area contributed by atoms with Crippen molar-refractivity contribution in [3.05, 3.63) is 71.5 Å². The predicted molar refractivity (Wildman–Crippen MR) is 212 cm³/mol. The molecule has 0 radical (unpaired) electrons. The van der Waals surface area contributed by atoms with Gasteiger partial charge in [-0.05, 0) is 104 Å². The number of nitrogens with one attached hydrogen (secondary N) is 1. The van der Waals surface area contributed by atoms with Gasteiger partial charge in [0.05, 0.1) is 29.3 Å². The molecule has 304 valence electrons. The van der Waals surface area contributed by atoms with E-state index in [1.807, 2.05) is 20.8 Å². The van der Waals surface area contributed by atoms with E-state index in [0.29, 0.717) is 28.8 Å². The highest BCUT2D eigenvalue weighted by molar-refractivity contribution is 9.10. The van der Waals surface area contributed by atoms with E-state index >= 15 is 0 Å². The van der Waals surface area contributed by atoms with Gasteiger partial charge in [-0.25, -0.2) is 12.8 Å². The molecule has 4 fully saturated rings. The number of ether oxygens (including phenoxy) is 1. The van der Waals surface area contributed by atoms with Gasteiger partial charge in [-0.15, -0.1) is 6.58 Å². The third kappa shape index (κ3) is 10.7. The molecule has 3 saturated carbocycles. The molecule has 1 heterocycles. The molecule has 1 aliphatic heterocycles. The number of benzene rings is 2. The lowest BCUT2D eigenvalue weighted by Gasteiger charge is -2.34. The smallest absolute Gasteiger partial charge is 0.462 e. The lowest BCUT2D eigenvalue weighted by Crippen LogP contribution is -2.49. The Hall–Kier alpha value is -3.44. The highest BCUT2D eigenvalue weighted by Gasteiger charge is 2.60. The van der Waals surface area contributed by atoms with Crippen molar-refractivity contribution in [1.29, 1.82) is 0 Å². The summed E-state index contributed by atoms with van der Waals surface area (Å²) >= 11 is 3.33. The minimum absolute atomic E-state index is 0.0357. The van der Waals surface area contributed by atoms with Gasteiger partial charge in [-0.2, -0.15) is 4.31 Å². The summed E-state index contributed by atoms with van der Waals surface area (Å²) in [4.78, 5) is 56.4. The number of ketones is 1. The lowest BCUT2D eigenvalue weighted by atomic mass is 9.77. The SMILES string of the molecule is C=C[C@@H]1C[C@]1(CC(=O)[C@@H]1CN(S(=O)(=O)c2ccc(Br)cc2)CN1C(=O)[C@@H](CC(=O)OC1CCCC1)C(C)(C)C)C(=O)NCC1CC1.OB(O)c1ccc(F)cc1. The molecule has 0 spiro atoms. The summed E-state index contributed by atoms with van der Waals surface area (Å²) in [6.45, 7) is 9.38. The molecule has 4 atom stereocenters. The van der Waals surface area contributed by atoms with Crippen LogP contribution in [0, 0.1) is 34.4 Å². The number of hydrogen-bond acceptors (Lipinski definition) is 9. The summed E-state index contributed by atoms with van der Waals surface area (Å²) in [6, 6.07) is 10.0. The van der Waals surface area contributed by atoms with Crippen molar-refractivity contribution in [3.63, 3.8) is 0 Å². The van der Waals surface area contributed by atoms with Crippen LogP contribution in [0.25, 0.3) is 0 Å². The largest absolute Gasteiger partial charge is 0.488 e. The Kier molecular flexibility index (Phi) is 14.0. The molecule has 0 aromatic heterocycles. The van der Waals surface area contributed by atoms with Gasteiger partial charge < -0.3 is 25.0 Å². The van der Waals surface area contributed by atoms with Crippen molar-refractivity contribution < 1.29 is 46.8 Å². The van der Waals surface area contributed by atoms with Crippen LogP contribution in [0.5, 0.6) is 0 Å². The molecule has 16 heteroatoms. The van der Waals surface area contributed by atoms with Crippen molar-refractivity contribution in [1.82, 2.24) is 14.5 Å². The third-order valence-corrected chi connectivity index (χ3v) is 13.6. The monoisotopic (exact) mass is 859 g/mol. The predicted octanol–water partition coefficient (Wildman–Crippen LogP) is 4.33. The summed E-state index contributed by atoms with van der Waals surface area (Å²) in [5.74, 6) is -2.49. The number of carbonyl (C=O) groups excluding carboxylic acids is 4. The van der Waals surface area contributed by atoms with E-state index in [1.165, 1.54) is 41.3 Å². The van der Waals surface area contributed by atoms with E-state index in [1.54, 1.807) is 18.2 Å². The Labute approximate surface area is 337 Å². The zero-order chi connectivity index (χ0) is 41.0. The first-order valence-electron chi connectivity index (χ1n) is 19.2. The maximum absolute atomic E-state index is 14.4. The lowest BCUT2D eigenvalue weighted by molar-refractivity contribution is -0.156. The zero-order valence-electron chi connectivity index (χ0n) is 32.2. The van der Waals surface area contributed by atoms with E-state index < -0.39 is 51.8 Å². The molecule has 2 aromatic rings. The van der Waals surface area contributed by atoms with Crippen molar-refractivity contribution >= 4 is 62.1 Å². The summed E-state index contributed by atoms with van der Waals surface area (Å²) in [5, 5.41) is 20.1. The van der Waals surface area contributed by atoms with Gasteiger partial charge in [0.1, 0.15) is 18.0 Å². The number of amides is 2. The van der Waals surface area contributed by atoms with E-state index in [0.717, 1.165) is 42.8 Å². The molecular weight excluding hydrogens is 808 g/mol. The van der Waals surface area contributed by atoms with Gasteiger partial charge in [0, 0.05) is 24.0 Å². The molecule has 6 rings (SSSR count). The second kappa shape index (κ2) is 18.0. The number of nitrogens with zero attached hydrogens (tertiary/aromatic N) is 2. The van der Waals surface area contributed by atoms with Gasteiger partial charge in [-0.3, -0.25) is 19.2 Å². The molecule has 2 amide bonds. The Morgan fingerprint density at radius 2 is 1.68 bits per heavy atom. The Balaban J connectivity index is 0.000000522. The number of esters is 1. The Bertz CT molecular complexity index is 1870. The molecule has 0 unspecified atom stereocenters. The van der Waals surface area contributed by atoms with Crippen LogP contribution in [-0.2, 0) is 33.9 Å². The molecule has 4 aliphatic rings. The molecule has 1 saturated heterocycles. The van der Waals surface area contributed by atoms with Crippen molar-refractivity contribution in [2.75, 3.05) is 19.8 Å². The molecule has 3 aliphatic carbocycles. The zero-order valence-corrected chi connectivity index (χ0v) is 34.6. The van der Waals surface area contributed by atoms with Crippen molar-refractivity contribution in [2.24, 2.45) is 28.6 Å². The van der Waals surface area contributed by atoms with Gasteiger partial charge >= 0.3 is 13.1 Å².